The summed E-state index contributed by atoms with van der Waals surface area (Å²) in [6.07, 6.45) is 0.955. The molecule has 2 atom stereocenters. The van der Waals surface area contributed by atoms with Crippen molar-refractivity contribution in [1.29, 1.82) is 0 Å². The van der Waals surface area contributed by atoms with Crippen LogP contribution in [-0.2, 0) is 19.4 Å². The molecular formula is C17H23N3O7S. The number of rotatable bonds is 7. The standard InChI is InChI=1S/C17H23N3O7S/c1-3-11(2)19(13-6-7-28(25,26)10-13)16(21)9-27-17(22)12-4-5-14(18)15(8-12)20(23)24/h4-5,8,11,13H,3,6-7,9-10,18H2,1-2H3/t11-,13-/m0/s1. The van der Waals surface area contributed by atoms with Gasteiger partial charge in [-0.1, -0.05) is 6.92 Å². The lowest BCUT2D eigenvalue weighted by molar-refractivity contribution is -0.383. The van der Waals surface area contributed by atoms with Gasteiger partial charge in [-0.2, -0.15) is 0 Å². The van der Waals surface area contributed by atoms with E-state index >= 15 is 0 Å². The lowest BCUT2D eigenvalue weighted by atomic mass is 10.1. The van der Waals surface area contributed by atoms with E-state index in [0.717, 1.165) is 6.07 Å². The molecule has 2 N–H and O–H groups in total. The Morgan fingerprint density at radius 2 is 2.11 bits per heavy atom. The summed E-state index contributed by atoms with van der Waals surface area (Å²) in [6.45, 7) is 3.08. The molecule has 1 aromatic rings. The van der Waals surface area contributed by atoms with Crippen LogP contribution in [0.3, 0.4) is 0 Å². The van der Waals surface area contributed by atoms with Gasteiger partial charge in [-0.3, -0.25) is 14.9 Å². The van der Waals surface area contributed by atoms with Gasteiger partial charge < -0.3 is 15.4 Å². The predicted molar refractivity (Wildman–Crippen MR) is 101 cm³/mol. The van der Waals surface area contributed by atoms with Crippen LogP contribution in [0.15, 0.2) is 18.2 Å². The number of nitrogens with zero attached hydrogens (tertiary/aromatic N) is 2. The van der Waals surface area contributed by atoms with Crippen molar-refractivity contribution in [2.24, 2.45) is 0 Å². The van der Waals surface area contributed by atoms with Crippen LogP contribution in [0.4, 0.5) is 11.4 Å². The zero-order valence-electron chi connectivity index (χ0n) is 15.7. The first kappa shape index (κ1) is 21.6. The normalized spacial score (nSPS) is 19.0. The van der Waals surface area contributed by atoms with Crippen LogP contribution < -0.4 is 5.73 Å². The topological polar surface area (TPSA) is 150 Å². The fraction of sp³-hybridized carbons (Fsp3) is 0.529. The monoisotopic (exact) mass is 413 g/mol. The number of hydrogen-bond donors (Lipinski definition) is 1. The molecule has 0 saturated carbocycles. The number of hydrogen-bond acceptors (Lipinski definition) is 8. The van der Waals surface area contributed by atoms with Gasteiger partial charge in [0.15, 0.2) is 16.4 Å². The van der Waals surface area contributed by atoms with Crippen molar-refractivity contribution in [3.63, 3.8) is 0 Å². The largest absolute Gasteiger partial charge is 0.452 e. The molecule has 0 aliphatic carbocycles. The van der Waals surface area contributed by atoms with E-state index < -0.39 is 45.0 Å². The van der Waals surface area contributed by atoms with Gasteiger partial charge in [-0.25, -0.2) is 13.2 Å². The van der Waals surface area contributed by atoms with E-state index in [1.54, 1.807) is 6.92 Å². The molecule has 1 saturated heterocycles. The van der Waals surface area contributed by atoms with E-state index in [0.29, 0.717) is 12.8 Å². The number of carbonyl (C=O) groups is 2. The third-order valence-electron chi connectivity index (χ3n) is 4.75. The molecule has 0 spiro atoms. The molecule has 1 amide bonds. The molecule has 154 valence electrons. The molecule has 1 aromatic carbocycles. The maximum Gasteiger partial charge on any atom is 0.338 e. The first-order valence-electron chi connectivity index (χ1n) is 8.78. The lowest BCUT2D eigenvalue weighted by Crippen LogP contribution is -2.48. The van der Waals surface area contributed by atoms with E-state index in [1.807, 2.05) is 6.92 Å². The molecule has 10 nitrogen and oxygen atoms in total. The SMILES string of the molecule is CC[C@H](C)N(C(=O)COC(=O)c1ccc(N)c([N+](=O)[O-])c1)[C@H]1CCS(=O)(=O)C1. The van der Waals surface area contributed by atoms with Gasteiger partial charge in [-0.15, -0.1) is 0 Å². The van der Waals surface area contributed by atoms with E-state index in [2.05, 4.69) is 0 Å². The highest BCUT2D eigenvalue weighted by molar-refractivity contribution is 7.91. The summed E-state index contributed by atoms with van der Waals surface area (Å²) in [4.78, 5) is 36.5. The second-order valence-electron chi connectivity index (χ2n) is 6.72. The van der Waals surface area contributed by atoms with Crippen molar-refractivity contribution in [3.05, 3.63) is 33.9 Å². The van der Waals surface area contributed by atoms with Crippen molar-refractivity contribution in [1.82, 2.24) is 4.90 Å². The van der Waals surface area contributed by atoms with Gasteiger partial charge >= 0.3 is 5.97 Å². The average Bonchev–Trinajstić information content (AvgIpc) is 2.99. The number of carbonyl (C=O) groups excluding carboxylic acids is 2. The first-order chi connectivity index (χ1) is 13.1. The van der Waals surface area contributed by atoms with E-state index in [4.69, 9.17) is 10.5 Å². The van der Waals surface area contributed by atoms with Gasteiger partial charge in [0.2, 0.25) is 0 Å². The van der Waals surface area contributed by atoms with E-state index in [9.17, 15) is 28.1 Å². The zero-order chi connectivity index (χ0) is 21.1. The van der Waals surface area contributed by atoms with Gasteiger partial charge in [0, 0.05) is 18.2 Å². The second-order valence-corrected chi connectivity index (χ2v) is 8.95. The van der Waals surface area contributed by atoms with Crippen LogP contribution in [-0.4, -0.2) is 60.3 Å². The van der Waals surface area contributed by atoms with E-state index in [1.165, 1.54) is 17.0 Å². The highest BCUT2D eigenvalue weighted by Gasteiger charge is 2.36. The molecule has 2 rings (SSSR count). The number of nitro benzene ring substituents is 1. The summed E-state index contributed by atoms with van der Waals surface area (Å²) in [5.74, 6) is -1.50. The zero-order valence-corrected chi connectivity index (χ0v) is 16.5. The highest BCUT2D eigenvalue weighted by atomic mass is 32.2. The molecule has 1 aliphatic rings. The fourth-order valence-electron chi connectivity index (χ4n) is 3.11. The Hall–Kier alpha value is -2.69. The third kappa shape index (κ3) is 4.97. The highest BCUT2D eigenvalue weighted by Crippen LogP contribution is 2.24. The summed E-state index contributed by atoms with van der Waals surface area (Å²) >= 11 is 0. The van der Waals surface area contributed by atoms with Crippen molar-refractivity contribution in [2.45, 2.75) is 38.8 Å². The number of sulfone groups is 1. The van der Waals surface area contributed by atoms with Crippen LogP contribution in [0.5, 0.6) is 0 Å². The molecule has 1 heterocycles. The maximum atomic E-state index is 12.6. The Labute approximate surface area is 162 Å². The number of amides is 1. The van der Waals surface area contributed by atoms with Crippen LogP contribution in [0.1, 0.15) is 37.0 Å². The Kier molecular flexibility index (Phi) is 6.60. The number of nitro groups is 1. The third-order valence-corrected chi connectivity index (χ3v) is 6.50. The molecule has 28 heavy (non-hydrogen) atoms. The molecule has 0 bridgehead atoms. The van der Waals surface area contributed by atoms with Crippen molar-refractivity contribution in [3.8, 4) is 0 Å². The number of esters is 1. The van der Waals surface area contributed by atoms with Crippen LogP contribution >= 0.6 is 0 Å². The van der Waals surface area contributed by atoms with Crippen molar-refractivity contribution < 1.29 is 27.7 Å². The van der Waals surface area contributed by atoms with Gasteiger partial charge in [-0.05, 0) is 31.9 Å². The number of ether oxygens (including phenoxy) is 1. The lowest BCUT2D eigenvalue weighted by Gasteiger charge is -2.33. The van der Waals surface area contributed by atoms with Gasteiger partial charge in [0.1, 0.15) is 5.69 Å². The smallest absolute Gasteiger partial charge is 0.338 e. The minimum atomic E-state index is -3.18. The fourth-order valence-corrected chi connectivity index (χ4v) is 4.83. The average molecular weight is 413 g/mol. The number of nitrogen functional groups attached to an aromatic ring is 1. The quantitative estimate of drug-likeness (QED) is 0.303. The number of benzene rings is 1. The Morgan fingerprint density at radius 3 is 2.64 bits per heavy atom. The minimum Gasteiger partial charge on any atom is -0.452 e. The Morgan fingerprint density at radius 1 is 1.43 bits per heavy atom. The van der Waals surface area contributed by atoms with Crippen molar-refractivity contribution in [2.75, 3.05) is 23.8 Å². The summed E-state index contributed by atoms with van der Waals surface area (Å²) in [6, 6.07) is 2.79. The van der Waals surface area contributed by atoms with Crippen LogP contribution in [0, 0.1) is 10.1 Å². The summed E-state index contributed by atoms with van der Waals surface area (Å²) < 4.78 is 28.5. The first-order valence-corrected chi connectivity index (χ1v) is 10.6. The van der Waals surface area contributed by atoms with Crippen LogP contribution in [0.2, 0.25) is 0 Å². The molecule has 0 unspecified atom stereocenters. The molecule has 1 fully saturated rings. The molecule has 1 aliphatic heterocycles. The van der Waals surface area contributed by atoms with Gasteiger partial charge in [0.05, 0.1) is 22.0 Å². The summed E-state index contributed by atoms with van der Waals surface area (Å²) in [7, 11) is -3.18. The Balaban J connectivity index is 2.09. The van der Waals surface area contributed by atoms with Gasteiger partial charge in [0.25, 0.3) is 11.6 Å². The molecule has 11 heteroatoms. The summed E-state index contributed by atoms with van der Waals surface area (Å²) in [5, 5.41) is 10.9. The second kappa shape index (κ2) is 8.55. The van der Waals surface area contributed by atoms with E-state index in [-0.39, 0.29) is 28.8 Å². The predicted octanol–water partition coefficient (Wildman–Crippen LogP) is 1.15. The molecule has 0 radical (unpaired) electrons. The number of anilines is 1. The Bertz CT molecular complexity index is 885. The van der Waals surface area contributed by atoms with Crippen LogP contribution in [0.25, 0.3) is 0 Å². The minimum absolute atomic E-state index is 0.0206. The molecule has 0 aromatic heterocycles. The molecular weight excluding hydrogens is 390 g/mol. The van der Waals surface area contributed by atoms with Crippen molar-refractivity contribution >= 4 is 33.1 Å². The summed E-state index contributed by atoms with van der Waals surface area (Å²) in [5.41, 5.74) is 4.86. The maximum absolute atomic E-state index is 12.6. The number of nitrogens with two attached hydrogens (primary N) is 1.